The molecule has 0 bridgehead atoms. The largest absolute Gasteiger partial charge is 0.0626 e. The van der Waals surface area contributed by atoms with Gasteiger partial charge in [0.05, 0.1) is 1.37 Å². The van der Waals surface area contributed by atoms with Crippen LogP contribution in [0.1, 0.15) is 83.8 Å². The minimum atomic E-state index is -3.80. The van der Waals surface area contributed by atoms with Crippen molar-refractivity contribution >= 4 is 0 Å². The molecular formula is C15H24. The monoisotopic (exact) mass is 223 g/mol. The molecular weight excluding hydrogens is 180 g/mol. The Balaban J connectivity index is 4.58. The molecule has 0 amide bonds. The van der Waals surface area contributed by atoms with Crippen molar-refractivity contribution < 1.29 is 26.0 Å². The Labute approximate surface area is 121 Å². The summed E-state index contributed by atoms with van der Waals surface area (Å²) in [6, 6.07) is 0.147. The van der Waals surface area contributed by atoms with Crippen molar-refractivity contribution in [1.82, 2.24) is 0 Å². The highest BCUT2D eigenvalue weighted by Gasteiger charge is 2.20. The molecule has 0 aromatic heterocycles. The Morgan fingerprint density at radius 2 is 1.67 bits per heavy atom. The molecule has 15 heavy (non-hydrogen) atoms. The van der Waals surface area contributed by atoms with Gasteiger partial charge in [-0.15, -0.1) is 0 Å². The standard InChI is InChI=1S/C15H24/c1-11-8-9-12(14(2,3)4)10-13(11)15(5,6)7/h8-10H,1-7H3/i2D3,3D3,4D3,5D3,6D3,7D3,8D. The lowest BCUT2D eigenvalue weighted by atomic mass is 9.79. The van der Waals surface area contributed by atoms with Gasteiger partial charge < -0.3 is 0 Å². The summed E-state index contributed by atoms with van der Waals surface area (Å²) in [5, 5.41) is 0. The lowest BCUT2D eigenvalue weighted by Crippen LogP contribution is -2.17. The molecule has 0 aliphatic heterocycles. The van der Waals surface area contributed by atoms with Gasteiger partial charge in [-0.3, -0.25) is 0 Å². The van der Waals surface area contributed by atoms with E-state index in [1.807, 2.05) is 0 Å². The lowest BCUT2D eigenvalue weighted by molar-refractivity contribution is 0.566. The molecule has 0 nitrogen and oxygen atoms in total. The van der Waals surface area contributed by atoms with Crippen molar-refractivity contribution in [2.75, 3.05) is 0 Å². The molecule has 0 radical (unpaired) electrons. The fourth-order valence-electron chi connectivity index (χ4n) is 1.18. The molecule has 0 aliphatic carbocycles. The zero-order valence-corrected chi connectivity index (χ0v) is 8.15. The molecule has 0 aliphatic rings. The highest BCUT2D eigenvalue weighted by Crippen LogP contribution is 2.30. The minimum Gasteiger partial charge on any atom is -0.0587 e. The van der Waals surface area contributed by atoms with Crippen molar-refractivity contribution in [1.29, 1.82) is 0 Å². The molecule has 0 heteroatoms. The van der Waals surface area contributed by atoms with Crippen LogP contribution in [0.3, 0.4) is 0 Å². The van der Waals surface area contributed by atoms with E-state index in [9.17, 15) is 0 Å². The van der Waals surface area contributed by atoms with Crippen LogP contribution in [0.25, 0.3) is 0 Å². The van der Waals surface area contributed by atoms with E-state index in [2.05, 4.69) is 0 Å². The van der Waals surface area contributed by atoms with E-state index in [1.54, 1.807) is 0 Å². The molecule has 1 aromatic carbocycles. The smallest absolute Gasteiger partial charge is 0.0587 e. The molecule has 0 saturated carbocycles. The first kappa shape index (κ1) is 2.25. The molecule has 0 atom stereocenters. The van der Waals surface area contributed by atoms with E-state index in [4.69, 9.17) is 26.0 Å². The van der Waals surface area contributed by atoms with Gasteiger partial charge in [-0.2, -0.15) is 0 Å². The van der Waals surface area contributed by atoms with Gasteiger partial charge in [-0.05, 0) is 34.4 Å². The summed E-state index contributed by atoms with van der Waals surface area (Å²) < 4.78 is 149. The Hall–Kier alpha value is -0.780. The van der Waals surface area contributed by atoms with Crippen molar-refractivity contribution in [3.05, 3.63) is 34.9 Å². The van der Waals surface area contributed by atoms with Gasteiger partial charge in [0, 0.05) is 24.7 Å². The lowest BCUT2D eigenvalue weighted by Gasteiger charge is -2.26. The van der Waals surface area contributed by atoms with Gasteiger partial charge in [0.2, 0.25) is 0 Å². The third kappa shape index (κ3) is 2.84. The average molecular weight is 223 g/mol. The third-order valence-corrected chi connectivity index (χ3v) is 1.99. The molecule has 0 heterocycles. The van der Waals surface area contributed by atoms with Crippen molar-refractivity contribution in [2.24, 2.45) is 0 Å². The highest BCUT2D eigenvalue weighted by molar-refractivity contribution is 5.38. The van der Waals surface area contributed by atoms with Gasteiger partial charge in [0.25, 0.3) is 0 Å². The van der Waals surface area contributed by atoms with Gasteiger partial charge in [-0.1, -0.05) is 59.3 Å². The predicted octanol–water partition coefficient (Wildman–Crippen LogP) is 4.59. The van der Waals surface area contributed by atoms with E-state index >= 15 is 0 Å². The van der Waals surface area contributed by atoms with Crippen LogP contribution in [0.15, 0.2) is 18.2 Å². The van der Waals surface area contributed by atoms with Crippen LogP contribution in [0.4, 0.5) is 0 Å². The SMILES string of the molecule is [2H]c1cc(C(C([2H])([2H])[2H])(C([2H])([2H])[2H])C([2H])([2H])[2H])cc(C(C([2H])([2H])[2H])(C([2H])([2H])[2H])C([2H])([2H])[2H])c1C. The molecule has 0 N–H and O–H groups in total. The van der Waals surface area contributed by atoms with Gasteiger partial charge in [0.1, 0.15) is 0 Å². The van der Waals surface area contributed by atoms with E-state index in [0.717, 1.165) is 6.92 Å². The normalized spacial score (nSPS) is 36.7. The summed E-state index contributed by atoms with van der Waals surface area (Å²) in [5.41, 5.74) is -10.1. The van der Waals surface area contributed by atoms with Crippen LogP contribution >= 0.6 is 0 Å². The van der Waals surface area contributed by atoms with Crippen LogP contribution in [0.2, 0.25) is 0 Å². The highest BCUT2D eigenvalue weighted by atomic mass is 14.2. The van der Waals surface area contributed by atoms with E-state index in [-0.39, 0.29) is 0 Å². The van der Waals surface area contributed by atoms with Crippen LogP contribution in [-0.2, 0) is 10.8 Å². The maximum absolute atomic E-state index is 8.19. The van der Waals surface area contributed by atoms with Crippen LogP contribution in [-0.4, -0.2) is 0 Å². The Kier molecular flexibility index (Phi) is 0.550. The summed E-state index contributed by atoms with van der Waals surface area (Å²) in [7, 11) is 0. The maximum atomic E-state index is 8.19. The van der Waals surface area contributed by atoms with Gasteiger partial charge >= 0.3 is 0 Å². The second-order valence-corrected chi connectivity index (χ2v) is 3.43. The zero-order valence-electron chi connectivity index (χ0n) is 27.2. The first-order valence-corrected chi connectivity index (χ1v) is 4.15. The number of hydrogen-bond acceptors (Lipinski definition) is 0. The minimum absolute atomic E-state index is 0.392. The summed E-state index contributed by atoms with van der Waals surface area (Å²) in [5.74, 6) is 0. The first-order valence-electron chi connectivity index (χ1n) is 13.7. The summed E-state index contributed by atoms with van der Waals surface area (Å²) in [6.45, 7) is -21.8. The predicted molar refractivity (Wildman–Crippen MR) is 68.6 cm³/mol. The maximum Gasteiger partial charge on any atom is 0.0626 e. The first-order chi connectivity index (χ1) is 14.5. The summed E-state index contributed by atoms with van der Waals surface area (Å²) >= 11 is 0. The Morgan fingerprint density at radius 1 is 1.07 bits per heavy atom. The van der Waals surface area contributed by atoms with Crippen molar-refractivity contribution in [2.45, 2.75) is 58.9 Å². The van der Waals surface area contributed by atoms with E-state index in [0.29, 0.717) is 12.1 Å². The molecule has 84 valence electrons. The van der Waals surface area contributed by atoms with Crippen LogP contribution in [0, 0.1) is 6.92 Å². The average Bonchev–Trinajstić information content (AvgIpc) is 2.43. The Bertz CT molecular complexity index is 827. The van der Waals surface area contributed by atoms with Crippen LogP contribution < -0.4 is 0 Å². The molecule has 1 rings (SSSR count). The fraction of sp³-hybridized carbons (Fsp3) is 0.600. The fourth-order valence-corrected chi connectivity index (χ4v) is 1.18. The number of benzene rings is 1. The molecule has 1 aromatic rings. The topological polar surface area (TPSA) is 0 Å². The quantitative estimate of drug-likeness (QED) is 0.603. The second-order valence-electron chi connectivity index (χ2n) is 3.43. The summed E-state index contributed by atoms with van der Waals surface area (Å²) in [4.78, 5) is 0. The molecule has 0 spiro atoms. The van der Waals surface area contributed by atoms with Gasteiger partial charge in [0.15, 0.2) is 0 Å². The third-order valence-electron chi connectivity index (χ3n) is 1.99. The van der Waals surface area contributed by atoms with Crippen molar-refractivity contribution in [3.63, 3.8) is 0 Å². The molecule has 0 fully saturated rings. The number of rotatable bonds is 0. The Morgan fingerprint density at radius 3 is 2.20 bits per heavy atom. The zero-order chi connectivity index (χ0) is 27.7. The summed E-state index contributed by atoms with van der Waals surface area (Å²) in [6.07, 6.45) is 0. The van der Waals surface area contributed by atoms with E-state index in [1.165, 1.54) is 0 Å². The van der Waals surface area contributed by atoms with Gasteiger partial charge in [-0.25, -0.2) is 0 Å². The number of hydrogen-bond donors (Lipinski definition) is 0. The van der Waals surface area contributed by atoms with Crippen LogP contribution in [0.5, 0.6) is 0 Å². The molecule has 0 saturated heterocycles. The van der Waals surface area contributed by atoms with E-state index < -0.39 is 74.7 Å². The molecule has 0 unspecified atom stereocenters. The second kappa shape index (κ2) is 3.66. The van der Waals surface area contributed by atoms with Crippen molar-refractivity contribution in [3.8, 4) is 0 Å².